The van der Waals surface area contributed by atoms with Gasteiger partial charge in [0, 0.05) is 10.6 Å². The molecule has 0 aliphatic carbocycles. The number of aromatic hydroxyl groups is 1. The van der Waals surface area contributed by atoms with Crippen molar-refractivity contribution in [1.29, 1.82) is 0 Å². The largest absolute Gasteiger partial charge is 0.492 e. The number of ether oxygens (including phenoxy) is 1. The minimum absolute atomic E-state index is 0.0139. The highest BCUT2D eigenvalue weighted by molar-refractivity contribution is 7.17. The van der Waals surface area contributed by atoms with Gasteiger partial charge < -0.3 is 14.7 Å². The van der Waals surface area contributed by atoms with Crippen LogP contribution in [0.3, 0.4) is 0 Å². The average molecular weight is 366 g/mol. The second-order valence-electron chi connectivity index (χ2n) is 5.90. The van der Waals surface area contributed by atoms with Gasteiger partial charge in [-0.15, -0.1) is 5.10 Å². The van der Waals surface area contributed by atoms with Gasteiger partial charge in [0.2, 0.25) is 10.8 Å². The molecule has 126 valence electrons. The number of hydrogen-bond acceptors (Lipinski definition) is 5. The molecular formula is C16H18ClN4O2S+. The second kappa shape index (κ2) is 6.33. The van der Waals surface area contributed by atoms with Gasteiger partial charge in [-0.05, 0) is 19.1 Å². The van der Waals surface area contributed by atoms with E-state index in [-0.39, 0.29) is 11.9 Å². The maximum atomic E-state index is 10.7. The molecule has 1 aliphatic heterocycles. The second-order valence-corrected chi connectivity index (χ2v) is 7.34. The van der Waals surface area contributed by atoms with Crippen molar-refractivity contribution in [1.82, 2.24) is 14.6 Å². The quantitative estimate of drug-likeness (QED) is 0.737. The van der Waals surface area contributed by atoms with Gasteiger partial charge in [0.1, 0.15) is 23.8 Å². The molecule has 3 heterocycles. The lowest BCUT2D eigenvalue weighted by Gasteiger charge is -2.31. The van der Waals surface area contributed by atoms with Crippen molar-refractivity contribution in [2.75, 3.05) is 26.3 Å². The van der Waals surface area contributed by atoms with Gasteiger partial charge in [-0.2, -0.15) is 4.52 Å². The lowest BCUT2D eigenvalue weighted by Crippen LogP contribution is -3.14. The molecule has 1 aliphatic rings. The Bertz CT molecular complexity index is 855. The normalized spacial score (nSPS) is 17.4. The van der Waals surface area contributed by atoms with E-state index in [0.717, 1.165) is 36.7 Å². The summed E-state index contributed by atoms with van der Waals surface area (Å²) in [5.74, 6) is 0.833. The van der Waals surface area contributed by atoms with Gasteiger partial charge in [-0.1, -0.05) is 35.1 Å². The van der Waals surface area contributed by atoms with Crippen molar-refractivity contribution < 1.29 is 14.7 Å². The van der Waals surface area contributed by atoms with E-state index in [2.05, 4.69) is 10.1 Å². The van der Waals surface area contributed by atoms with Crippen LogP contribution < -0.4 is 4.90 Å². The minimum Gasteiger partial charge on any atom is -0.492 e. The number of halogens is 1. The highest BCUT2D eigenvalue weighted by atomic mass is 35.5. The number of hydrogen-bond donors (Lipinski definition) is 2. The number of aryl methyl sites for hydroxylation is 1. The lowest BCUT2D eigenvalue weighted by atomic mass is 10.0. The van der Waals surface area contributed by atoms with E-state index in [1.165, 1.54) is 20.8 Å². The zero-order valence-corrected chi connectivity index (χ0v) is 14.8. The number of thiazole rings is 1. The van der Waals surface area contributed by atoms with Crippen LogP contribution in [0, 0.1) is 6.92 Å². The first kappa shape index (κ1) is 15.8. The van der Waals surface area contributed by atoms with Crippen LogP contribution in [-0.4, -0.2) is 46.0 Å². The standard InChI is InChI=1S/C16H17ClN4O2S/c1-10-18-16-21(19-10)15(22)14(24-16)13(20-6-8-23-9-7-20)11-2-4-12(17)5-3-11/h2-5,13,22H,6-9H2,1H3/p+1/t13-/m1/s1. The van der Waals surface area contributed by atoms with E-state index in [9.17, 15) is 5.11 Å². The number of morpholine rings is 1. The minimum atomic E-state index is 0.0139. The van der Waals surface area contributed by atoms with Crippen LogP contribution in [0.4, 0.5) is 0 Å². The predicted molar refractivity (Wildman–Crippen MR) is 92.1 cm³/mol. The number of nitrogens with zero attached hydrogens (tertiary/aromatic N) is 3. The van der Waals surface area contributed by atoms with E-state index in [0.29, 0.717) is 15.8 Å². The summed E-state index contributed by atoms with van der Waals surface area (Å²) in [5.41, 5.74) is 1.12. The van der Waals surface area contributed by atoms with Crippen LogP contribution >= 0.6 is 22.9 Å². The van der Waals surface area contributed by atoms with Gasteiger partial charge in [0.15, 0.2) is 6.04 Å². The van der Waals surface area contributed by atoms with Crippen molar-refractivity contribution >= 4 is 27.9 Å². The summed E-state index contributed by atoms with van der Waals surface area (Å²) in [7, 11) is 0. The molecule has 1 atom stereocenters. The monoisotopic (exact) mass is 365 g/mol. The van der Waals surface area contributed by atoms with Gasteiger partial charge in [0.05, 0.1) is 13.2 Å². The van der Waals surface area contributed by atoms with E-state index in [1.54, 1.807) is 0 Å². The molecule has 24 heavy (non-hydrogen) atoms. The number of aromatic nitrogens is 3. The molecule has 3 aromatic rings. The third kappa shape index (κ3) is 2.77. The molecular weight excluding hydrogens is 348 g/mol. The smallest absolute Gasteiger partial charge is 0.235 e. The van der Waals surface area contributed by atoms with Gasteiger partial charge in [0.25, 0.3) is 0 Å². The lowest BCUT2D eigenvalue weighted by molar-refractivity contribution is -0.932. The van der Waals surface area contributed by atoms with E-state index in [1.807, 2.05) is 31.2 Å². The molecule has 0 saturated carbocycles. The highest BCUT2D eigenvalue weighted by Gasteiger charge is 2.33. The van der Waals surface area contributed by atoms with Gasteiger partial charge in [-0.3, -0.25) is 0 Å². The molecule has 0 spiro atoms. The first-order chi connectivity index (χ1) is 11.6. The van der Waals surface area contributed by atoms with Crippen LogP contribution in [0.1, 0.15) is 22.3 Å². The Balaban J connectivity index is 1.82. The Morgan fingerprint density at radius 2 is 2.00 bits per heavy atom. The molecule has 4 rings (SSSR count). The Morgan fingerprint density at radius 3 is 2.67 bits per heavy atom. The Labute approximate surface area is 148 Å². The zero-order chi connectivity index (χ0) is 16.7. The Morgan fingerprint density at radius 1 is 1.29 bits per heavy atom. The van der Waals surface area contributed by atoms with Crippen LogP contribution in [0.15, 0.2) is 24.3 Å². The molecule has 6 nitrogen and oxygen atoms in total. The maximum Gasteiger partial charge on any atom is 0.235 e. The van der Waals surface area contributed by atoms with Gasteiger partial charge >= 0.3 is 0 Å². The first-order valence-electron chi connectivity index (χ1n) is 7.86. The molecule has 0 bridgehead atoms. The Kier molecular flexibility index (Phi) is 4.17. The summed E-state index contributed by atoms with van der Waals surface area (Å²) >= 11 is 7.54. The summed E-state index contributed by atoms with van der Waals surface area (Å²) in [6.45, 7) is 5.04. The molecule has 0 amide bonds. The van der Waals surface area contributed by atoms with E-state index < -0.39 is 0 Å². The number of quaternary nitrogens is 1. The Hall–Kier alpha value is -1.67. The molecule has 1 fully saturated rings. The van der Waals surface area contributed by atoms with E-state index >= 15 is 0 Å². The van der Waals surface area contributed by atoms with Gasteiger partial charge in [-0.25, -0.2) is 4.98 Å². The summed E-state index contributed by atoms with van der Waals surface area (Å²) in [6, 6.07) is 7.84. The molecule has 2 aromatic heterocycles. The number of fused-ring (bicyclic) bond motifs is 1. The number of rotatable bonds is 3. The van der Waals surface area contributed by atoms with Crippen molar-refractivity contribution in [2.24, 2.45) is 0 Å². The molecule has 0 radical (unpaired) electrons. The topological polar surface area (TPSA) is 64.1 Å². The number of benzene rings is 1. The zero-order valence-electron chi connectivity index (χ0n) is 13.2. The van der Waals surface area contributed by atoms with Crippen molar-refractivity contribution in [3.8, 4) is 5.88 Å². The predicted octanol–water partition coefficient (Wildman–Crippen LogP) is 1.46. The molecule has 8 heteroatoms. The maximum absolute atomic E-state index is 10.7. The van der Waals surface area contributed by atoms with Crippen LogP contribution in [0.25, 0.3) is 4.96 Å². The fraction of sp³-hybridized carbons (Fsp3) is 0.375. The van der Waals surface area contributed by atoms with Crippen LogP contribution in [0.2, 0.25) is 5.02 Å². The van der Waals surface area contributed by atoms with Crippen molar-refractivity contribution in [3.63, 3.8) is 0 Å². The van der Waals surface area contributed by atoms with Crippen LogP contribution in [0.5, 0.6) is 5.88 Å². The first-order valence-corrected chi connectivity index (χ1v) is 9.06. The summed E-state index contributed by atoms with van der Waals surface area (Å²) < 4.78 is 7.03. The fourth-order valence-electron chi connectivity index (χ4n) is 3.19. The molecule has 2 N–H and O–H groups in total. The van der Waals surface area contributed by atoms with Crippen LogP contribution in [-0.2, 0) is 4.74 Å². The SMILES string of the molecule is Cc1nc2sc([C@@H](c3ccc(Cl)cc3)[NH+]3CCOCC3)c(O)n2n1. The third-order valence-corrected chi connectivity index (χ3v) is 5.65. The average Bonchev–Trinajstić information content (AvgIpc) is 3.09. The van der Waals surface area contributed by atoms with Crippen molar-refractivity contribution in [3.05, 3.63) is 45.6 Å². The highest BCUT2D eigenvalue weighted by Crippen LogP contribution is 2.35. The number of nitrogens with one attached hydrogen (secondary N) is 1. The molecule has 1 saturated heterocycles. The van der Waals surface area contributed by atoms with Crippen molar-refractivity contribution in [2.45, 2.75) is 13.0 Å². The van der Waals surface area contributed by atoms with E-state index in [4.69, 9.17) is 16.3 Å². The summed E-state index contributed by atoms with van der Waals surface area (Å²) in [5, 5.41) is 15.7. The summed E-state index contributed by atoms with van der Waals surface area (Å²) in [4.78, 5) is 7.34. The third-order valence-electron chi connectivity index (χ3n) is 4.31. The summed E-state index contributed by atoms with van der Waals surface area (Å²) in [6.07, 6.45) is 0. The molecule has 0 unspecified atom stereocenters. The molecule has 1 aromatic carbocycles. The fourth-order valence-corrected chi connectivity index (χ4v) is 4.50.